The molecule has 0 radical (unpaired) electrons. The summed E-state index contributed by atoms with van der Waals surface area (Å²) in [7, 11) is 3.30. The van der Waals surface area contributed by atoms with Gasteiger partial charge >= 0.3 is 0 Å². The Morgan fingerprint density at radius 1 is 1.16 bits per heavy atom. The quantitative estimate of drug-likeness (QED) is 0.541. The zero-order valence-corrected chi connectivity index (χ0v) is 22.9. The molecule has 3 heterocycles. The molecule has 1 N–H and O–H groups in total. The van der Waals surface area contributed by atoms with Crippen molar-refractivity contribution in [2.45, 2.75) is 38.3 Å². The Kier molecular flexibility index (Phi) is 9.58. The average Bonchev–Trinajstić information content (AvgIpc) is 3.09. The summed E-state index contributed by atoms with van der Waals surface area (Å²) in [6, 6.07) is 5.64. The number of aliphatic hydroxyl groups is 1. The van der Waals surface area contributed by atoms with Crippen molar-refractivity contribution in [1.29, 1.82) is 0 Å². The number of benzene rings is 1. The highest BCUT2D eigenvalue weighted by Gasteiger charge is 2.52. The molecule has 1 aromatic rings. The monoisotopic (exact) mass is 579 g/mol. The lowest BCUT2D eigenvalue weighted by atomic mass is 9.76. The molecule has 0 bridgehead atoms. The van der Waals surface area contributed by atoms with Gasteiger partial charge in [0.2, 0.25) is 0 Å². The number of fused-ring (bicyclic) bond motifs is 1. The topological polar surface area (TPSA) is 57.5 Å². The summed E-state index contributed by atoms with van der Waals surface area (Å²) in [5, 5.41) is 12.8. The van der Waals surface area contributed by atoms with Gasteiger partial charge in [0.15, 0.2) is 10.9 Å². The first-order chi connectivity index (χ1) is 14.0. The lowest BCUT2D eigenvalue weighted by molar-refractivity contribution is -0.0765. The number of piperidine rings is 1. The van der Waals surface area contributed by atoms with Crippen molar-refractivity contribution < 1.29 is 14.6 Å². The Labute approximate surface area is 211 Å². The molecule has 0 amide bonds. The van der Waals surface area contributed by atoms with E-state index in [-0.39, 0.29) is 39.4 Å². The molecule has 0 saturated carbocycles. The van der Waals surface area contributed by atoms with E-state index in [4.69, 9.17) is 14.5 Å². The SMILES string of the molecule is Br.Br.CCCCN1CCC2(CC1)CN=C1SCC(O)(c3cc(OC)ccc3OC)N1C2. The van der Waals surface area contributed by atoms with Crippen molar-refractivity contribution in [3.63, 3.8) is 0 Å². The van der Waals surface area contributed by atoms with Gasteiger partial charge in [0.1, 0.15) is 11.5 Å². The molecular weight excluding hydrogens is 546 g/mol. The molecule has 31 heavy (non-hydrogen) atoms. The van der Waals surface area contributed by atoms with Crippen LogP contribution in [0.5, 0.6) is 11.5 Å². The number of thioether (sulfide) groups is 1. The molecule has 1 spiro atoms. The van der Waals surface area contributed by atoms with E-state index in [0.29, 0.717) is 11.5 Å². The predicted octanol–water partition coefficient (Wildman–Crippen LogP) is 4.31. The van der Waals surface area contributed by atoms with E-state index in [9.17, 15) is 5.11 Å². The summed E-state index contributed by atoms with van der Waals surface area (Å²) in [5.74, 6) is 1.96. The molecule has 2 saturated heterocycles. The summed E-state index contributed by atoms with van der Waals surface area (Å²) < 4.78 is 11.0. The number of methoxy groups -OCH3 is 2. The van der Waals surface area contributed by atoms with Crippen molar-refractivity contribution in [2.24, 2.45) is 10.4 Å². The Balaban J connectivity index is 0.00000171. The third-order valence-corrected chi connectivity index (χ3v) is 7.86. The second-order valence-corrected chi connectivity index (χ2v) is 9.49. The van der Waals surface area contributed by atoms with Gasteiger partial charge in [-0.05, 0) is 57.1 Å². The molecule has 1 atom stereocenters. The van der Waals surface area contributed by atoms with Crippen LogP contribution in [0.15, 0.2) is 23.2 Å². The van der Waals surface area contributed by atoms with Crippen LogP contribution in [0.25, 0.3) is 0 Å². The Hall–Kier alpha value is -0.480. The van der Waals surface area contributed by atoms with Gasteiger partial charge in [0.25, 0.3) is 0 Å². The van der Waals surface area contributed by atoms with E-state index >= 15 is 0 Å². The van der Waals surface area contributed by atoms with Gasteiger partial charge in [-0.15, -0.1) is 34.0 Å². The number of ether oxygens (including phenoxy) is 2. The molecule has 0 aliphatic carbocycles. The minimum absolute atomic E-state index is 0. The van der Waals surface area contributed by atoms with Crippen LogP contribution in [0.1, 0.15) is 38.2 Å². The highest BCUT2D eigenvalue weighted by atomic mass is 79.9. The van der Waals surface area contributed by atoms with Crippen LogP contribution in [-0.2, 0) is 5.72 Å². The number of aliphatic imine (C=N–C) groups is 1. The number of likely N-dealkylation sites (tertiary alicyclic amines) is 1. The van der Waals surface area contributed by atoms with E-state index in [1.807, 2.05) is 18.2 Å². The van der Waals surface area contributed by atoms with Gasteiger partial charge in [-0.2, -0.15) is 0 Å². The molecule has 3 aliphatic rings. The Bertz CT molecular complexity index is 774. The molecule has 4 rings (SSSR count). The van der Waals surface area contributed by atoms with Gasteiger partial charge in [-0.3, -0.25) is 4.99 Å². The van der Waals surface area contributed by atoms with Crippen LogP contribution in [0.4, 0.5) is 0 Å². The zero-order chi connectivity index (χ0) is 20.5. The summed E-state index contributed by atoms with van der Waals surface area (Å²) >= 11 is 1.64. The maximum atomic E-state index is 11.9. The number of halogens is 2. The number of nitrogens with zero attached hydrogens (tertiary/aromatic N) is 3. The highest BCUT2D eigenvalue weighted by Crippen LogP contribution is 2.48. The minimum Gasteiger partial charge on any atom is -0.497 e. The highest BCUT2D eigenvalue weighted by molar-refractivity contribution is 8.93. The van der Waals surface area contributed by atoms with Crippen LogP contribution in [0, 0.1) is 5.41 Å². The Morgan fingerprint density at radius 2 is 1.90 bits per heavy atom. The van der Waals surface area contributed by atoms with E-state index in [0.717, 1.165) is 55.5 Å². The van der Waals surface area contributed by atoms with Crippen LogP contribution in [-0.4, -0.2) is 72.8 Å². The smallest absolute Gasteiger partial charge is 0.179 e. The summed E-state index contributed by atoms with van der Waals surface area (Å²) in [5.41, 5.74) is -0.220. The number of unbranched alkanes of at least 4 members (excludes halogenated alkanes) is 1. The summed E-state index contributed by atoms with van der Waals surface area (Å²) in [6.07, 6.45) is 4.79. The van der Waals surface area contributed by atoms with Crippen molar-refractivity contribution in [2.75, 3.05) is 52.7 Å². The van der Waals surface area contributed by atoms with Crippen LogP contribution < -0.4 is 9.47 Å². The van der Waals surface area contributed by atoms with E-state index in [2.05, 4.69) is 16.7 Å². The fourth-order valence-electron chi connectivity index (χ4n) is 4.73. The third-order valence-electron chi connectivity index (χ3n) is 6.71. The van der Waals surface area contributed by atoms with Crippen molar-refractivity contribution >= 4 is 50.9 Å². The maximum absolute atomic E-state index is 11.9. The molecular formula is C22H35Br2N3O3S. The lowest BCUT2D eigenvalue weighted by Gasteiger charge is -2.48. The fraction of sp³-hybridized carbons (Fsp3) is 0.682. The number of amidine groups is 1. The van der Waals surface area contributed by atoms with Crippen LogP contribution >= 0.6 is 45.7 Å². The fourth-order valence-corrected chi connectivity index (χ4v) is 5.90. The normalized spacial score (nSPS) is 24.6. The first-order valence-electron chi connectivity index (χ1n) is 10.7. The zero-order valence-electron chi connectivity index (χ0n) is 18.6. The van der Waals surface area contributed by atoms with Crippen molar-refractivity contribution in [3.8, 4) is 11.5 Å². The molecule has 1 aromatic carbocycles. The van der Waals surface area contributed by atoms with E-state index in [1.54, 1.807) is 26.0 Å². The summed E-state index contributed by atoms with van der Waals surface area (Å²) in [6.45, 7) is 7.43. The first-order valence-corrected chi connectivity index (χ1v) is 11.6. The van der Waals surface area contributed by atoms with Gasteiger partial charge < -0.3 is 24.4 Å². The molecule has 0 aromatic heterocycles. The standard InChI is InChI=1S/C22H33N3O3S.2BrH/c1-4-5-10-24-11-8-21(9-12-24)14-23-20-25(15-21)22(26,16-29-20)18-13-17(27-2)6-7-19(18)28-3;;/h6-7,13,26H,4-5,8-12,14-16H2,1-3H3;2*1H. The largest absolute Gasteiger partial charge is 0.497 e. The second kappa shape index (κ2) is 11.1. The van der Waals surface area contributed by atoms with Crippen LogP contribution in [0.2, 0.25) is 0 Å². The summed E-state index contributed by atoms with van der Waals surface area (Å²) in [4.78, 5) is 9.64. The van der Waals surface area contributed by atoms with Crippen LogP contribution in [0.3, 0.4) is 0 Å². The molecule has 3 aliphatic heterocycles. The molecule has 176 valence electrons. The molecule has 1 unspecified atom stereocenters. The number of hydrogen-bond acceptors (Lipinski definition) is 7. The number of hydrogen-bond donors (Lipinski definition) is 1. The van der Waals surface area contributed by atoms with E-state index < -0.39 is 5.72 Å². The maximum Gasteiger partial charge on any atom is 0.179 e. The lowest BCUT2D eigenvalue weighted by Crippen LogP contribution is -2.56. The number of rotatable bonds is 6. The molecule has 2 fully saturated rings. The van der Waals surface area contributed by atoms with Gasteiger partial charge in [0.05, 0.1) is 25.5 Å². The predicted molar refractivity (Wildman–Crippen MR) is 139 cm³/mol. The van der Waals surface area contributed by atoms with Crippen molar-refractivity contribution in [3.05, 3.63) is 23.8 Å². The van der Waals surface area contributed by atoms with Gasteiger partial charge in [-0.1, -0.05) is 25.1 Å². The second-order valence-electron chi connectivity index (χ2n) is 8.55. The van der Waals surface area contributed by atoms with Crippen molar-refractivity contribution in [1.82, 2.24) is 9.80 Å². The van der Waals surface area contributed by atoms with E-state index in [1.165, 1.54) is 19.4 Å². The Morgan fingerprint density at radius 3 is 2.55 bits per heavy atom. The van der Waals surface area contributed by atoms with Gasteiger partial charge in [-0.25, -0.2) is 0 Å². The van der Waals surface area contributed by atoms with Gasteiger partial charge in [0, 0.05) is 18.5 Å². The molecule has 6 nitrogen and oxygen atoms in total. The molecule has 9 heteroatoms. The minimum atomic E-state index is -1.13. The third kappa shape index (κ3) is 5.21. The average molecular weight is 581 g/mol. The first kappa shape index (κ1) is 26.8.